The Morgan fingerprint density at radius 2 is 1.88 bits per heavy atom. The first-order chi connectivity index (χ1) is 16.5. The lowest BCUT2D eigenvalue weighted by atomic mass is 9.87. The van der Waals surface area contributed by atoms with Crippen molar-refractivity contribution in [2.75, 3.05) is 6.54 Å². The predicted octanol–water partition coefficient (Wildman–Crippen LogP) is 4.88. The number of fused-ring (bicyclic) bond motifs is 1. The summed E-state index contributed by atoms with van der Waals surface area (Å²) in [6, 6.07) is 19.7. The van der Waals surface area contributed by atoms with Crippen LogP contribution >= 0.6 is 0 Å². The summed E-state index contributed by atoms with van der Waals surface area (Å²) in [6.45, 7) is 4.76. The zero-order chi connectivity index (χ0) is 23.7. The van der Waals surface area contributed by atoms with Gasteiger partial charge in [0, 0.05) is 18.5 Å². The van der Waals surface area contributed by atoms with E-state index in [9.17, 15) is 9.59 Å². The van der Waals surface area contributed by atoms with E-state index < -0.39 is 0 Å². The number of ether oxygens (including phenoxy) is 1. The van der Waals surface area contributed by atoms with Crippen LogP contribution in [-0.2, 0) is 17.8 Å². The second-order valence-electron chi connectivity index (χ2n) is 9.41. The minimum Gasteiger partial charge on any atom is -0.486 e. The Hall–Kier alpha value is -3.54. The van der Waals surface area contributed by atoms with Crippen LogP contribution in [-0.4, -0.2) is 29.3 Å². The van der Waals surface area contributed by atoms with E-state index in [1.165, 1.54) is 5.56 Å². The van der Waals surface area contributed by atoms with E-state index in [0.29, 0.717) is 11.5 Å². The number of amides is 2. The lowest BCUT2D eigenvalue weighted by Gasteiger charge is -2.38. The molecule has 0 radical (unpaired) electrons. The summed E-state index contributed by atoms with van der Waals surface area (Å²) in [6.07, 6.45) is 2.82. The van der Waals surface area contributed by atoms with Crippen molar-refractivity contribution in [1.29, 1.82) is 0 Å². The van der Waals surface area contributed by atoms with Crippen molar-refractivity contribution in [3.05, 3.63) is 88.9 Å². The van der Waals surface area contributed by atoms with Gasteiger partial charge in [0.05, 0.1) is 6.04 Å². The summed E-state index contributed by atoms with van der Waals surface area (Å²) in [5.74, 6) is 1.76. The van der Waals surface area contributed by atoms with Gasteiger partial charge in [-0.25, -0.2) is 0 Å². The van der Waals surface area contributed by atoms with Crippen molar-refractivity contribution in [2.24, 2.45) is 5.92 Å². The molecule has 2 aromatic carbocycles. The molecule has 1 aliphatic carbocycles. The molecule has 6 nitrogen and oxygen atoms in total. The SMILES string of the molecule is CC(C)NC(=O)c1ccc(COc2ccc3c(c2)[C@H](c2ccccc2)N(C(=O)C2CC2)CC3)o1. The molecule has 2 heterocycles. The third kappa shape index (κ3) is 4.72. The number of carbonyl (C=O) groups excluding carboxylic acids is 2. The van der Waals surface area contributed by atoms with Crippen LogP contribution in [0.4, 0.5) is 0 Å². The predicted molar refractivity (Wildman–Crippen MR) is 129 cm³/mol. The van der Waals surface area contributed by atoms with E-state index in [4.69, 9.17) is 9.15 Å². The Morgan fingerprint density at radius 1 is 1.09 bits per heavy atom. The minimum absolute atomic E-state index is 0.0386. The molecule has 0 bridgehead atoms. The molecule has 34 heavy (non-hydrogen) atoms. The molecule has 2 aliphatic rings. The molecule has 5 rings (SSSR count). The van der Waals surface area contributed by atoms with Crippen molar-refractivity contribution in [3.8, 4) is 5.75 Å². The van der Waals surface area contributed by atoms with E-state index >= 15 is 0 Å². The molecule has 2 amide bonds. The Morgan fingerprint density at radius 3 is 2.62 bits per heavy atom. The fraction of sp³-hybridized carbons (Fsp3) is 0.357. The standard InChI is InChI=1S/C28H30N2O4/c1-18(2)29-27(31)25-13-12-23(34-25)17-33-22-11-10-19-14-15-30(28(32)21-8-9-21)26(24(19)16-22)20-6-4-3-5-7-20/h3-7,10-13,16,18,21,26H,8-9,14-15,17H2,1-2H3,(H,29,31)/t26-/m0/s1. The average molecular weight is 459 g/mol. The van der Waals surface area contributed by atoms with Gasteiger partial charge in [0.2, 0.25) is 5.91 Å². The fourth-order valence-electron chi connectivity index (χ4n) is 4.55. The van der Waals surface area contributed by atoms with E-state index in [1.54, 1.807) is 12.1 Å². The van der Waals surface area contributed by atoms with Crippen LogP contribution in [0, 0.1) is 5.92 Å². The number of rotatable bonds is 7. The van der Waals surface area contributed by atoms with Crippen LogP contribution in [0.3, 0.4) is 0 Å². The van der Waals surface area contributed by atoms with Gasteiger partial charge in [0.25, 0.3) is 5.91 Å². The highest BCUT2D eigenvalue weighted by Crippen LogP contribution is 2.41. The van der Waals surface area contributed by atoms with Crippen molar-refractivity contribution in [2.45, 2.75) is 51.8 Å². The molecule has 3 aromatic rings. The second-order valence-corrected chi connectivity index (χ2v) is 9.41. The first-order valence-electron chi connectivity index (χ1n) is 12.0. The summed E-state index contributed by atoms with van der Waals surface area (Å²) in [5.41, 5.74) is 3.47. The number of furan rings is 1. The molecule has 0 unspecified atom stereocenters. The number of nitrogens with one attached hydrogen (secondary N) is 1. The van der Waals surface area contributed by atoms with Crippen LogP contribution in [0.2, 0.25) is 0 Å². The molecule has 0 saturated heterocycles. The van der Waals surface area contributed by atoms with Gasteiger partial charge in [-0.15, -0.1) is 0 Å². The topological polar surface area (TPSA) is 71.8 Å². The van der Waals surface area contributed by atoms with Crippen LogP contribution in [0.5, 0.6) is 5.75 Å². The van der Waals surface area contributed by atoms with Crippen LogP contribution < -0.4 is 10.1 Å². The first kappa shape index (κ1) is 22.3. The van der Waals surface area contributed by atoms with Crippen molar-refractivity contribution in [1.82, 2.24) is 10.2 Å². The van der Waals surface area contributed by atoms with Crippen molar-refractivity contribution >= 4 is 11.8 Å². The Balaban J connectivity index is 1.37. The lowest BCUT2D eigenvalue weighted by Crippen LogP contribution is -2.41. The maximum atomic E-state index is 13.1. The lowest BCUT2D eigenvalue weighted by molar-refractivity contribution is -0.134. The smallest absolute Gasteiger partial charge is 0.287 e. The van der Waals surface area contributed by atoms with E-state index in [1.807, 2.05) is 43.0 Å². The number of nitrogens with zero attached hydrogens (tertiary/aromatic N) is 1. The maximum Gasteiger partial charge on any atom is 0.287 e. The van der Waals surface area contributed by atoms with Gasteiger partial charge in [-0.1, -0.05) is 36.4 Å². The summed E-state index contributed by atoms with van der Waals surface area (Å²) < 4.78 is 11.7. The second kappa shape index (κ2) is 9.37. The van der Waals surface area contributed by atoms with E-state index in [2.05, 4.69) is 29.6 Å². The molecule has 1 aromatic heterocycles. The number of hydrogen-bond donors (Lipinski definition) is 1. The van der Waals surface area contributed by atoms with Gasteiger partial charge in [-0.05, 0) is 74.1 Å². The number of benzene rings is 2. The van der Waals surface area contributed by atoms with E-state index in [0.717, 1.165) is 36.9 Å². The molecule has 1 N–H and O–H groups in total. The summed E-state index contributed by atoms with van der Waals surface area (Å²) in [7, 11) is 0. The van der Waals surface area contributed by atoms with Crippen LogP contribution in [0.15, 0.2) is 65.1 Å². The Kier molecular flexibility index (Phi) is 6.14. The van der Waals surface area contributed by atoms with Crippen molar-refractivity contribution in [3.63, 3.8) is 0 Å². The van der Waals surface area contributed by atoms with Gasteiger partial charge in [-0.2, -0.15) is 0 Å². The van der Waals surface area contributed by atoms with E-state index in [-0.39, 0.29) is 42.2 Å². The Bertz CT molecular complexity index is 1180. The largest absolute Gasteiger partial charge is 0.486 e. The highest BCUT2D eigenvalue weighted by Gasteiger charge is 2.39. The van der Waals surface area contributed by atoms with Crippen molar-refractivity contribution < 1.29 is 18.7 Å². The van der Waals surface area contributed by atoms with Gasteiger partial charge in [0.15, 0.2) is 5.76 Å². The third-order valence-electron chi connectivity index (χ3n) is 6.36. The molecule has 0 spiro atoms. The summed E-state index contributed by atoms with van der Waals surface area (Å²) in [4.78, 5) is 27.3. The third-order valence-corrected chi connectivity index (χ3v) is 6.36. The average Bonchev–Trinajstić information content (AvgIpc) is 3.58. The highest BCUT2D eigenvalue weighted by molar-refractivity contribution is 5.91. The van der Waals surface area contributed by atoms with Gasteiger partial charge in [-0.3, -0.25) is 9.59 Å². The molecule has 1 atom stereocenters. The zero-order valence-electron chi connectivity index (χ0n) is 19.6. The van der Waals surface area contributed by atoms with Crippen LogP contribution in [0.1, 0.15) is 65.7 Å². The van der Waals surface area contributed by atoms with Crippen LogP contribution in [0.25, 0.3) is 0 Å². The molecule has 176 valence electrons. The summed E-state index contributed by atoms with van der Waals surface area (Å²) in [5, 5.41) is 2.82. The van der Waals surface area contributed by atoms with Gasteiger partial charge in [0.1, 0.15) is 18.1 Å². The highest BCUT2D eigenvalue weighted by atomic mass is 16.5. The minimum atomic E-state index is -0.235. The van der Waals surface area contributed by atoms with Gasteiger partial charge < -0.3 is 19.4 Å². The molecule has 1 fully saturated rings. The molecular weight excluding hydrogens is 428 g/mol. The quantitative estimate of drug-likeness (QED) is 0.548. The maximum absolute atomic E-state index is 13.1. The molecule has 1 saturated carbocycles. The Labute approximate surface area is 199 Å². The summed E-state index contributed by atoms with van der Waals surface area (Å²) >= 11 is 0. The molecule has 1 aliphatic heterocycles. The normalized spacial score (nSPS) is 17.4. The monoisotopic (exact) mass is 458 g/mol. The molecule has 6 heteroatoms. The number of carbonyl (C=O) groups is 2. The fourth-order valence-corrected chi connectivity index (χ4v) is 4.55. The number of hydrogen-bond acceptors (Lipinski definition) is 4. The first-order valence-corrected chi connectivity index (χ1v) is 12.0. The molecular formula is C28H30N2O4. The zero-order valence-corrected chi connectivity index (χ0v) is 19.6. The van der Waals surface area contributed by atoms with Gasteiger partial charge >= 0.3 is 0 Å².